The average Bonchev–Trinajstić information content (AvgIpc) is 2.08. The molecule has 1 aromatic rings. The quantitative estimate of drug-likeness (QED) is 0.782. The smallest absolute Gasteiger partial charge is 0.142 e. The molecule has 0 spiro atoms. The maximum Gasteiger partial charge on any atom is 0.142 e. The van der Waals surface area contributed by atoms with E-state index in [1.54, 1.807) is 13.0 Å². The van der Waals surface area contributed by atoms with Crippen molar-refractivity contribution >= 4 is 11.6 Å². The number of benzene rings is 1. The Kier molecular flexibility index (Phi) is 3.28. The first-order valence-corrected chi connectivity index (χ1v) is 4.60. The van der Waals surface area contributed by atoms with Crippen LogP contribution < -0.4 is 0 Å². The van der Waals surface area contributed by atoms with E-state index >= 15 is 0 Å². The first-order chi connectivity index (χ1) is 6.07. The van der Waals surface area contributed by atoms with Gasteiger partial charge in [-0.25, -0.2) is 4.39 Å². The van der Waals surface area contributed by atoms with Crippen LogP contribution in [0.15, 0.2) is 12.1 Å². The Balaban J connectivity index is 3.32. The van der Waals surface area contributed by atoms with E-state index in [4.69, 9.17) is 11.6 Å². The summed E-state index contributed by atoms with van der Waals surface area (Å²) in [6.07, 6.45) is 0.0124. The highest BCUT2D eigenvalue weighted by Crippen LogP contribution is 2.29. The van der Waals surface area contributed by atoms with Crippen LogP contribution in [0.25, 0.3) is 0 Å². The molecular formula is C10H12ClFO. The summed E-state index contributed by atoms with van der Waals surface area (Å²) in [6, 6.07) is 2.98. The molecule has 1 atom stereocenters. The van der Waals surface area contributed by atoms with Crippen LogP contribution in [0, 0.1) is 5.82 Å². The molecule has 1 aromatic carbocycles. The fourth-order valence-corrected chi connectivity index (χ4v) is 1.71. The van der Waals surface area contributed by atoms with Gasteiger partial charge in [-0.15, -0.1) is 0 Å². The van der Waals surface area contributed by atoms with Crippen LogP contribution in [0.3, 0.4) is 0 Å². The van der Waals surface area contributed by atoms with E-state index in [-0.39, 0.29) is 5.02 Å². The molecule has 13 heavy (non-hydrogen) atoms. The van der Waals surface area contributed by atoms with Gasteiger partial charge in [0.05, 0.1) is 11.1 Å². The van der Waals surface area contributed by atoms with E-state index < -0.39 is 11.9 Å². The Morgan fingerprint density at radius 2 is 2.15 bits per heavy atom. The van der Waals surface area contributed by atoms with Crippen LogP contribution in [-0.2, 0) is 6.42 Å². The van der Waals surface area contributed by atoms with E-state index in [1.807, 2.05) is 6.92 Å². The van der Waals surface area contributed by atoms with Crippen LogP contribution in [0.4, 0.5) is 4.39 Å². The fraction of sp³-hybridized carbons (Fsp3) is 0.400. The third kappa shape index (κ3) is 2.01. The molecule has 0 amide bonds. The average molecular weight is 203 g/mol. The fourth-order valence-electron chi connectivity index (χ4n) is 1.37. The molecule has 0 bridgehead atoms. The number of hydrogen-bond acceptors (Lipinski definition) is 1. The topological polar surface area (TPSA) is 20.2 Å². The molecule has 0 fully saturated rings. The second-order valence-electron chi connectivity index (χ2n) is 2.96. The van der Waals surface area contributed by atoms with Gasteiger partial charge in [-0.2, -0.15) is 0 Å². The van der Waals surface area contributed by atoms with Gasteiger partial charge in [-0.05, 0) is 25.0 Å². The molecule has 0 aromatic heterocycles. The first-order valence-electron chi connectivity index (χ1n) is 4.22. The Hall–Kier alpha value is -0.600. The number of aryl methyl sites for hydroxylation is 1. The maximum absolute atomic E-state index is 13.0. The summed E-state index contributed by atoms with van der Waals surface area (Å²) < 4.78 is 13.0. The Morgan fingerprint density at radius 3 is 2.62 bits per heavy atom. The van der Waals surface area contributed by atoms with Gasteiger partial charge in [-0.1, -0.05) is 24.6 Å². The number of hydrogen-bond donors (Lipinski definition) is 1. The number of aliphatic hydroxyl groups is 1. The lowest BCUT2D eigenvalue weighted by Crippen LogP contribution is -2.00. The molecule has 1 unspecified atom stereocenters. The normalized spacial score (nSPS) is 13.0. The predicted molar refractivity (Wildman–Crippen MR) is 51.4 cm³/mol. The zero-order chi connectivity index (χ0) is 10.0. The molecule has 0 aliphatic rings. The molecule has 0 saturated heterocycles. The van der Waals surface area contributed by atoms with Gasteiger partial charge in [0, 0.05) is 5.56 Å². The van der Waals surface area contributed by atoms with Gasteiger partial charge in [0.1, 0.15) is 5.82 Å². The molecule has 0 radical (unpaired) electrons. The highest BCUT2D eigenvalue weighted by Gasteiger charge is 2.14. The molecule has 0 saturated carbocycles. The van der Waals surface area contributed by atoms with Gasteiger partial charge >= 0.3 is 0 Å². The van der Waals surface area contributed by atoms with E-state index in [2.05, 4.69) is 0 Å². The molecule has 0 heterocycles. The molecule has 72 valence electrons. The Bertz CT molecular complexity index is 310. The summed E-state index contributed by atoms with van der Waals surface area (Å²) in [5.41, 5.74) is 1.39. The van der Waals surface area contributed by atoms with Crippen molar-refractivity contribution in [3.05, 3.63) is 34.1 Å². The zero-order valence-corrected chi connectivity index (χ0v) is 8.40. The predicted octanol–water partition coefficient (Wildman–Crippen LogP) is 3.09. The summed E-state index contributed by atoms with van der Waals surface area (Å²) in [6.45, 7) is 3.52. The zero-order valence-electron chi connectivity index (χ0n) is 7.64. The number of halogens is 2. The third-order valence-corrected chi connectivity index (χ3v) is 2.41. The van der Waals surface area contributed by atoms with Gasteiger partial charge < -0.3 is 5.11 Å². The minimum Gasteiger partial charge on any atom is -0.389 e. The van der Waals surface area contributed by atoms with Crippen LogP contribution in [0.2, 0.25) is 5.02 Å². The van der Waals surface area contributed by atoms with Crippen LogP contribution in [0.5, 0.6) is 0 Å². The summed E-state index contributed by atoms with van der Waals surface area (Å²) >= 11 is 5.74. The summed E-state index contributed by atoms with van der Waals surface area (Å²) in [5, 5.41) is 9.43. The summed E-state index contributed by atoms with van der Waals surface area (Å²) in [5.74, 6) is -0.477. The van der Waals surface area contributed by atoms with Crippen molar-refractivity contribution in [2.75, 3.05) is 0 Å². The van der Waals surface area contributed by atoms with E-state index in [9.17, 15) is 9.50 Å². The lowest BCUT2D eigenvalue weighted by atomic mass is 10.0. The van der Waals surface area contributed by atoms with E-state index in [1.165, 1.54) is 6.07 Å². The molecule has 0 aliphatic carbocycles. The molecular weight excluding hydrogens is 191 g/mol. The van der Waals surface area contributed by atoms with Crippen LogP contribution >= 0.6 is 11.6 Å². The minimum absolute atomic E-state index is 0.0364. The maximum atomic E-state index is 13.0. The van der Waals surface area contributed by atoms with E-state index in [0.29, 0.717) is 5.56 Å². The minimum atomic E-state index is -0.724. The second-order valence-corrected chi connectivity index (χ2v) is 3.34. The van der Waals surface area contributed by atoms with E-state index in [0.717, 1.165) is 12.0 Å². The first kappa shape index (κ1) is 10.5. The highest BCUT2D eigenvalue weighted by atomic mass is 35.5. The lowest BCUT2D eigenvalue weighted by Gasteiger charge is -2.12. The van der Waals surface area contributed by atoms with Crippen molar-refractivity contribution in [1.29, 1.82) is 0 Å². The lowest BCUT2D eigenvalue weighted by molar-refractivity contribution is 0.198. The van der Waals surface area contributed by atoms with Gasteiger partial charge in [0.15, 0.2) is 0 Å². The Labute approximate surface area is 82.2 Å². The van der Waals surface area contributed by atoms with Crippen molar-refractivity contribution in [2.24, 2.45) is 0 Å². The van der Waals surface area contributed by atoms with Crippen molar-refractivity contribution < 1.29 is 9.50 Å². The molecule has 1 rings (SSSR count). The standard InChI is InChI=1S/C10H12ClFO/c1-3-7-4-5-8(12)10(11)9(7)6(2)13/h4-6,13H,3H2,1-2H3. The Morgan fingerprint density at radius 1 is 1.54 bits per heavy atom. The second kappa shape index (κ2) is 4.07. The van der Waals surface area contributed by atoms with Crippen LogP contribution in [0.1, 0.15) is 31.1 Å². The molecule has 0 aliphatic heterocycles. The number of aliphatic hydroxyl groups excluding tert-OH is 1. The SMILES string of the molecule is CCc1ccc(F)c(Cl)c1C(C)O. The van der Waals surface area contributed by atoms with Crippen molar-refractivity contribution in [3.8, 4) is 0 Å². The molecule has 3 heteroatoms. The van der Waals surface area contributed by atoms with Gasteiger partial charge in [0.25, 0.3) is 0 Å². The summed E-state index contributed by atoms with van der Waals surface area (Å²) in [7, 11) is 0. The van der Waals surface area contributed by atoms with Gasteiger partial charge in [-0.3, -0.25) is 0 Å². The monoisotopic (exact) mass is 202 g/mol. The third-order valence-electron chi connectivity index (χ3n) is 2.02. The largest absolute Gasteiger partial charge is 0.389 e. The van der Waals surface area contributed by atoms with Crippen molar-refractivity contribution in [2.45, 2.75) is 26.4 Å². The van der Waals surface area contributed by atoms with Crippen molar-refractivity contribution in [1.82, 2.24) is 0 Å². The molecule has 1 nitrogen and oxygen atoms in total. The molecule has 1 N–H and O–H groups in total. The summed E-state index contributed by atoms with van der Waals surface area (Å²) in [4.78, 5) is 0. The number of rotatable bonds is 2. The highest BCUT2D eigenvalue weighted by molar-refractivity contribution is 6.31. The van der Waals surface area contributed by atoms with Crippen molar-refractivity contribution in [3.63, 3.8) is 0 Å². The van der Waals surface area contributed by atoms with Gasteiger partial charge in [0.2, 0.25) is 0 Å². The van der Waals surface area contributed by atoms with Crippen LogP contribution in [-0.4, -0.2) is 5.11 Å².